The number of pyridine rings is 1. The molecule has 2 N–H and O–H groups in total. The van der Waals surface area contributed by atoms with Gasteiger partial charge >= 0.3 is 16.2 Å². The molecule has 3 rings (SSSR count). The van der Waals surface area contributed by atoms with Crippen molar-refractivity contribution in [3.8, 4) is 0 Å². The monoisotopic (exact) mass is 502 g/mol. The fourth-order valence-corrected chi connectivity index (χ4v) is 4.60. The maximum atomic E-state index is 12.3. The number of hydrogen-bond donors (Lipinski definition) is 2. The quantitative estimate of drug-likeness (QED) is 0.245. The summed E-state index contributed by atoms with van der Waals surface area (Å²) in [5.41, 5.74) is 2.30. The van der Waals surface area contributed by atoms with Crippen molar-refractivity contribution in [2.75, 3.05) is 18.9 Å². The number of rotatable bonds is 10. The fourth-order valence-electron chi connectivity index (χ4n) is 3.40. The number of benzene rings is 1. The molecule has 11 heteroatoms. The Balaban J connectivity index is 1.56. The summed E-state index contributed by atoms with van der Waals surface area (Å²) < 4.78 is 39.7. The van der Waals surface area contributed by atoms with Crippen molar-refractivity contribution >= 4 is 39.0 Å². The van der Waals surface area contributed by atoms with E-state index in [2.05, 4.69) is 19.2 Å². The number of carbonyl (C=O) groups is 1. The molecule has 0 bridgehead atoms. The molecule has 0 atom stereocenters. The van der Waals surface area contributed by atoms with Gasteiger partial charge in [-0.2, -0.15) is 13.1 Å². The molecule has 0 unspecified atom stereocenters. The number of hydrogen-bond acceptors (Lipinski definition) is 8. The molecule has 0 aliphatic rings. The minimum atomic E-state index is -4.06. The normalized spacial score (nSPS) is 12.4. The molecule has 35 heavy (non-hydrogen) atoms. The van der Waals surface area contributed by atoms with Crippen LogP contribution in [-0.2, 0) is 31.1 Å². The van der Waals surface area contributed by atoms with E-state index in [1.54, 1.807) is 24.3 Å². The van der Waals surface area contributed by atoms with E-state index in [-0.39, 0.29) is 5.82 Å². The number of methoxy groups -OCH3 is 1. The number of esters is 1. The summed E-state index contributed by atoms with van der Waals surface area (Å²) in [6.07, 6.45) is 4.68. The molecule has 0 radical (unpaired) electrons. The zero-order chi connectivity index (χ0) is 25.8. The smallest absolute Gasteiger partial charge is 0.326 e. The number of carbonyl (C=O) groups excluding carboxylic acids is 1. The maximum Gasteiger partial charge on any atom is 0.326 e. The number of hydroxylamine groups is 2. The van der Waals surface area contributed by atoms with Gasteiger partial charge in [0.05, 0.1) is 13.7 Å². The topological polar surface area (TPSA) is 123 Å². The molecular weight excluding hydrogens is 472 g/mol. The minimum Gasteiger partial charge on any atom is -0.468 e. The molecular formula is C24H30N4O6S. The van der Waals surface area contributed by atoms with Crippen molar-refractivity contribution in [2.45, 2.75) is 39.8 Å². The van der Waals surface area contributed by atoms with Gasteiger partial charge in [-0.3, -0.25) is 9.52 Å². The first-order valence-electron chi connectivity index (χ1n) is 10.8. The number of furan rings is 1. The van der Waals surface area contributed by atoms with E-state index in [9.17, 15) is 13.2 Å². The largest absolute Gasteiger partial charge is 0.468 e. The van der Waals surface area contributed by atoms with Crippen molar-refractivity contribution < 1.29 is 27.2 Å². The lowest BCUT2D eigenvalue weighted by atomic mass is 10.1. The van der Waals surface area contributed by atoms with Crippen LogP contribution in [0.2, 0.25) is 0 Å². The SMILES string of the molecule is COC(=O)C(C)(C)NS(=O)(=O)Nc1ccc(/C=C/ON(C)Cc2oc3c(C)cccc3c2C)cn1. The molecule has 0 fully saturated rings. The van der Waals surface area contributed by atoms with Gasteiger partial charge in [0.25, 0.3) is 0 Å². The lowest BCUT2D eigenvalue weighted by Gasteiger charge is -2.22. The Kier molecular flexibility index (Phi) is 7.83. The first-order chi connectivity index (χ1) is 16.4. The van der Waals surface area contributed by atoms with Gasteiger partial charge in [-0.25, -0.2) is 4.98 Å². The number of anilines is 1. The second-order valence-corrected chi connectivity index (χ2v) is 10.0. The van der Waals surface area contributed by atoms with Gasteiger partial charge in [-0.1, -0.05) is 18.2 Å². The fraction of sp³-hybridized carbons (Fsp3) is 0.333. The number of aryl methyl sites for hydroxylation is 2. The number of aromatic nitrogens is 1. The van der Waals surface area contributed by atoms with Gasteiger partial charge < -0.3 is 14.0 Å². The van der Waals surface area contributed by atoms with Crippen LogP contribution in [0.1, 0.15) is 36.3 Å². The van der Waals surface area contributed by atoms with Gasteiger partial charge in [0.15, 0.2) is 0 Å². The molecule has 0 aliphatic heterocycles. The Labute approximate surface area is 205 Å². The van der Waals surface area contributed by atoms with Crippen LogP contribution in [0.5, 0.6) is 0 Å². The molecule has 10 nitrogen and oxygen atoms in total. The summed E-state index contributed by atoms with van der Waals surface area (Å²) >= 11 is 0. The van der Waals surface area contributed by atoms with Crippen LogP contribution >= 0.6 is 0 Å². The third kappa shape index (κ3) is 6.59. The van der Waals surface area contributed by atoms with E-state index in [0.29, 0.717) is 12.1 Å². The number of nitrogens with zero attached hydrogens (tertiary/aromatic N) is 2. The Morgan fingerprint density at radius 3 is 2.60 bits per heavy atom. The summed E-state index contributed by atoms with van der Waals surface area (Å²) in [6.45, 7) is 7.29. The molecule has 0 saturated carbocycles. The van der Waals surface area contributed by atoms with E-state index >= 15 is 0 Å². The van der Waals surface area contributed by atoms with Gasteiger partial charge in [-0.15, -0.1) is 5.06 Å². The summed E-state index contributed by atoms with van der Waals surface area (Å²) in [7, 11) is -1.08. The van der Waals surface area contributed by atoms with Crippen molar-refractivity contribution in [1.29, 1.82) is 0 Å². The predicted octanol–water partition coefficient (Wildman–Crippen LogP) is 3.68. The molecule has 3 aromatic rings. The van der Waals surface area contributed by atoms with Crippen molar-refractivity contribution in [2.24, 2.45) is 0 Å². The zero-order valence-electron chi connectivity index (χ0n) is 20.6. The van der Waals surface area contributed by atoms with Crippen LogP contribution in [0.3, 0.4) is 0 Å². The molecule has 0 amide bonds. The first-order valence-corrected chi connectivity index (χ1v) is 12.3. The summed E-state index contributed by atoms with van der Waals surface area (Å²) in [4.78, 5) is 21.4. The van der Waals surface area contributed by atoms with Crippen molar-refractivity contribution in [3.63, 3.8) is 0 Å². The average molecular weight is 503 g/mol. The lowest BCUT2D eigenvalue weighted by Crippen LogP contribution is -2.52. The minimum absolute atomic E-state index is 0.0870. The molecule has 0 aliphatic carbocycles. The Morgan fingerprint density at radius 1 is 1.23 bits per heavy atom. The zero-order valence-corrected chi connectivity index (χ0v) is 21.4. The second-order valence-electron chi connectivity index (χ2n) is 8.60. The van der Waals surface area contributed by atoms with Crippen molar-refractivity contribution in [1.82, 2.24) is 14.8 Å². The highest BCUT2D eigenvalue weighted by Gasteiger charge is 2.33. The van der Waals surface area contributed by atoms with Crippen LogP contribution < -0.4 is 9.44 Å². The summed E-state index contributed by atoms with van der Waals surface area (Å²) in [5.74, 6) is 0.198. The third-order valence-corrected chi connectivity index (χ3v) is 6.49. The number of para-hydroxylation sites is 1. The third-order valence-electron chi connectivity index (χ3n) is 5.24. The summed E-state index contributed by atoms with van der Waals surface area (Å²) in [5, 5.41) is 2.73. The number of ether oxygens (including phenoxy) is 1. The molecule has 188 valence electrons. The highest BCUT2D eigenvalue weighted by molar-refractivity contribution is 7.90. The number of fused-ring (bicyclic) bond motifs is 1. The molecule has 2 aromatic heterocycles. The Bertz CT molecular complexity index is 1330. The lowest BCUT2D eigenvalue weighted by molar-refractivity contribution is -0.146. The van der Waals surface area contributed by atoms with E-state index in [1.165, 1.54) is 39.5 Å². The molecule has 0 spiro atoms. The van der Waals surface area contributed by atoms with Crippen LogP contribution in [0.4, 0.5) is 5.82 Å². The highest BCUT2D eigenvalue weighted by atomic mass is 32.2. The van der Waals surface area contributed by atoms with Gasteiger partial charge in [0.2, 0.25) is 0 Å². The van der Waals surface area contributed by atoms with E-state index in [0.717, 1.165) is 27.9 Å². The van der Waals surface area contributed by atoms with Crippen LogP contribution in [-0.4, -0.2) is 44.1 Å². The highest BCUT2D eigenvalue weighted by Crippen LogP contribution is 2.28. The summed E-state index contributed by atoms with van der Waals surface area (Å²) in [6, 6.07) is 9.23. The van der Waals surface area contributed by atoms with Gasteiger partial charge in [-0.05, 0) is 62.6 Å². The molecule has 2 heterocycles. The maximum absolute atomic E-state index is 12.3. The van der Waals surface area contributed by atoms with E-state index in [4.69, 9.17) is 9.25 Å². The standard InChI is InChI=1S/C24H30N4O6S/c1-16-8-7-9-19-17(2)20(34-22(16)19)15-28(5)33-13-12-18-10-11-21(25-14-18)26-35(30,31)27-24(3,4)23(29)32-6/h7-14,27H,15H2,1-6H3,(H,25,26)/b13-12+. The number of nitrogens with one attached hydrogen (secondary N) is 2. The Hall–Kier alpha value is -3.41. The second kappa shape index (κ2) is 10.5. The average Bonchev–Trinajstić information content (AvgIpc) is 3.10. The van der Waals surface area contributed by atoms with Gasteiger partial charge in [0, 0.05) is 18.6 Å². The van der Waals surface area contributed by atoms with Crippen LogP contribution in [0, 0.1) is 13.8 Å². The molecule has 0 saturated heterocycles. The first kappa shape index (κ1) is 26.2. The van der Waals surface area contributed by atoms with Crippen molar-refractivity contribution in [3.05, 3.63) is 65.2 Å². The Morgan fingerprint density at radius 2 is 1.97 bits per heavy atom. The predicted molar refractivity (Wildman–Crippen MR) is 133 cm³/mol. The van der Waals surface area contributed by atoms with E-state index in [1.807, 2.05) is 32.0 Å². The van der Waals surface area contributed by atoms with E-state index < -0.39 is 21.7 Å². The van der Waals surface area contributed by atoms with Crippen LogP contribution in [0.25, 0.3) is 17.0 Å². The van der Waals surface area contributed by atoms with Gasteiger partial charge in [0.1, 0.15) is 29.0 Å². The van der Waals surface area contributed by atoms with Crippen LogP contribution in [0.15, 0.2) is 47.2 Å². The molecule has 1 aromatic carbocycles.